The number of rotatable bonds is 12. The number of hydrogen-bond donors (Lipinski definition) is 3. The van der Waals surface area contributed by atoms with Crippen molar-refractivity contribution in [2.24, 2.45) is 5.92 Å². The first-order valence-electron chi connectivity index (χ1n) is 21.5. The van der Waals surface area contributed by atoms with Crippen LogP contribution < -0.4 is 16.0 Å². The molecular formula is C48H57F6N7O3. The highest BCUT2D eigenvalue weighted by atomic mass is 19.4. The van der Waals surface area contributed by atoms with Gasteiger partial charge >= 0.3 is 12.4 Å². The number of hydrogen-bond acceptors (Lipinski definition) is 8. The molecule has 16 heteroatoms. The van der Waals surface area contributed by atoms with Gasteiger partial charge in [-0.15, -0.1) is 5.10 Å². The first-order chi connectivity index (χ1) is 30.3. The monoisotopic (exact) mass is 893 g/mol. The molecule has 2 aliphatic rings. The van der Waals surface area contributed by atoms with Crippen LogP contribution in [0.3, 0.4) is 0 Å². The van der Waals surface area contributed by atoms with Crippen LogP contribution in [-0.4, -0.2) is 59.5 Å². The number of amides is 1. The van der Waals surface area contributed by atoms with Crippen LogP contribution in [0.4, 0.5) is 26.3 Å². The third-order valence-electron chi connectivity index (χ3n) is 12.4. The minimum absolute atomic E-state index is 0.00267. The molecule has 1 unspecified atom stereocenters. The molecule has 2 fully saturated rings. The zero-order valence-corrected chi connectivity index (χ0v) is 37.0. The van der Waals surface area contributed by atoms with Crippen molar-refractivity contribution in [3.8, 4) is 0 Å². The van der Waals surface area contributed by atoms with Gasteiger partial charge in [0.25, 0.3) is 0 Å². The maximum Gasteiger partial charge on any atom is 0.416 e. The Hall–Kier alpha value is -5.16. The van der Waals surface area contributed by atoms with Crippen LogP contribution >= 0.6 is 0 Å². The van der Waals surface area contributed by atoms with Crippen LogP contribution in [-0.2, 0) is 37.7 Å². The number of benzene rings is 4. The fraction of sp³-hybridized carbons (Fsp3) is 0.458. The predicted octanol–water partition coefficient (Wildman–Crippen LogP) is 9.64. The summed E-state index contributed by atoms with van der Waals surface area (Å²) in [5.41, 5.74) is 1.97. The van der Waals surface area contributed by atoms with Gasteiger partial charge in [0.2, 0.25) is 5.91 Å². The molecule has 3 heterocycles. The third-order valence-corrected chi connectivity index (χ3v) is 12.4. The molecule has 5 aromatic rings. The summed E-state index contributed by atoms with van der Waals surface area (Å²) < 4.78 is 93.7. The van der Waals surface area contributed by atoms with Gasteiger partial charge in [0.1, 0.15) is 5.82 Å². The van der Waals surface area contributed by atoms with E-state index in [-0.39, 0.29) is 24.5 Å². The Kier molecular flexibility index (Phi) is 15.4. The zero-order chi connectivity index (χ0) is 46.3. The Morgan fingerprint density at radius 1 is 0.734 bits per heavy atom. The predicted molar refractivity (Wildman–Crippen MR) is 231 cm³/mol. The van der Waals surface area contributed by atoms with E-state index in [9.17, 15) is 31.1 Å². The van der Waals surface area contributed by atoms with E-state index < -0.39 is 46.8 Å². The topological polar surface area (TPSA) is 115 Å². The fourth-order valence-corrected chi connectivity index (χ4v) is 8.63. The number of halogens is 6. The normalized spacial score (nSPS) is 22.5. The average Bonchev–Trinajstić information content (AvgIpc) is 3.72. The van der Waals surface area contributed by atoms with E-state index >= 15 is 0 Å². The lowest BCUT2D eigenvalue weighted by molar-refractivity contribution is -0.138. The second kappa shape index (κ2) is 20.3. The molecule has 2 aliphatic heterocycles. The minimum atomic E-state index is -4.40. The summed E-state index contributed by atoms with van der Waals surface area (Å²) in [6.45, 7) is 10.5. The molecule has 0 aliphatic carbocycles. The highest BCUT2D eigenvalue weighted by molar-refractivity contribution is 5.78. The Balaban J connectivity index is 0.000000213. The molecule has 0 radical (unpaired) electrons. The molecule has 0 bridgehead atoms. The molecule has 0 saturated carbocycles. The summed E-state index contributed by atoms with van der Waals surface area (Å²) in [5.74, 6) is 0.645. The number of piperidine rings is 2. The van der Waals surface area contributed by atoms with Crippen molar-refractivity contribution in [3.63, 3.8) is 0 Å². The quantitative estimate of drug-likeness (QED) is 0.106. The van der Waals surface area contributed by atoms with Gasteiger partial charge < -0.3 is 25.4 Å². The standard InChI is InChI=1S/C24H28F3N5O.C24H29F3N2O2/c1-16-11-19(13-21(12-16)24(25,26)27)17(2)33-15-23(20-7-5-4-6-8-20)10-9-22(14-28-23)32-18(3)29-30-31-32;1-16-11-19(13-21(12-16)24(25,26)27)17(2)31-15-23(20-7-5-4-6-8-20)10-9-18(14-29-23)22(30)28-3/h4-8,11-13,17,22,28H,9-10,14-15H2,1-3H3;4-8,11-13,17-18,29H,9-10,14-15H2,1-3H3,(H,28,30)/t17-,22-,23-;17-,18?,23-/m11/s1. The van der Waals surface area contributed by atoms with Gasteiger partial charge in [-0.3, -0.25) is 4.79 Å². The van der Waals surface area contributed by atoms with E-state index in [4.69, 9.17) is 9.47 Å². The van der Waals surface area contributed by atoms with E-state index in [2.05, 4.69) is 43.6 Å². The van der Waals surface area contributed by atoms with E-state index in [1.807, 2.05) is 60.1 Å². The maximum absolute atomic E-state index is 13.3. The van der Waals surface area contributed by atoms with Gasteiger partial charge in [0.05, 0.1) is 59.6 Å². The summed E-state index contributed by atoms with van der Waals surface area (Å²) >= 11 is 0. The molecule has 1 aromatic heterocycles. The lowest BCUT2D eigenvalue weighted by Gasteiger charge is -2.42. The van der Waals surface area contributed by atoms with Crippen molar-refractivity contribution in [1.29, 1.82) is 0 Å². The number of carbonyl (C=O) groups excluding carboxylic acids is 1. The molecule has 4 aromatic carbocycles. The first-order valence-corrected chi connectivity index (χ1v) is 21.5. The van der Waals surface area contributed by atoms with Gasteiger partial charge in [-0.05, 0) is 117 Å². The van der Waals surface area contributed by atoms with Crippen LogP contribution in [0.25, 0.3) is 0 Å². The van der Waals surface area contributed by atoms with Crippen molar-refractivity contribution in [2.75, 3.05) is 33.4 Å². The summed E-state index contributed by atoms with van der Waals surface area (Å²) in [6, 6.07) is 28.1. The number of ether oxygens (including phenoxy) is 2. The van der Waals surface area contributed by atoms with E-state index in [0.29, 0.717) is 54.8 Å². The van der Waals surface area contributed by atoms with E-state index in [1.54, 1.807) is 46.9 Å². The van der Waals surface area contributed by atoms with Gasteiger partial charge in [-0.1, -0.05) is 83.9 Å². The second-order valence-electron chi connectivity index (χ2n) is 17.0. The Labute approximate surface area is 370 Å². The molecule has 344 valence electrons. The highest BCUT2D eigenvalue weighted by Gasteiger charge is 2.41. The smallest absolute Gasteiger partial charge is 0.372 e. The Morgan fingerprint density at radius 2 is 1.20 bits per heavy atom. The largest absolute Gasteiger partial charge is 0.416 e. The van der Waals surface area contributed by atoms with E-state index in [1.165, 1.54) is 6.07 Å². The molecule has 3 N–H and O–H groups in total. The molecule has 10 nitrogen and oxygen atoms in total. The summed E-state index contributed by atoms with van der Waals surface area (Å²) in [4.78, 5) is 12.0. The maximum atomic E-state index is 13.3. The van der Waals surface area contributed by atoms with Crippen LogP contribution in [0.5, 0.6) is 0 Å². The number of carbonyl (C=O) groups is 1. The lowest BCUT2D eigenvalue weighted by Crippen LogP contribution is -2.54. The van der Waals surface area contributed by atoms with Crippen LogP contribution in [0.15, 0.2) is 97.1 Å². The lowest BCUT2D eigenvalue weighted by atomic mass is 9.79. The first kappa shape index (κ1) is 48.3. The van der Waals surface area contributed by atoms with Crippen molar-refractivity contribution < 1.29 is 40.6 Å². The second-order valence-corrected chi connectivity index (χ2v) is 17.0. The molecule has 1 amide bonds. The third kappa shape index (κ3) is 11.7. The zero-order valence-electron chi connectivity index (χ0n) is 37.0. The Morgan fingerprint density at radius 3 is 1.58 bits per heavy atom. The molecule has 64 heavy (non-hydrogen) atoms. The summed E-state index contributed by atoms with van der Waals surface area (Å²) in [7, 11) is 1.63. The summed E-state index contributed by atoms with van der Waals surface area (Å²) in [5, 5.41) is 21.7. The van der Waals surface area contributed by atoms with Crippen molar-refractivity contribution in [2.45, 2.75) is 102 Å². The molecule has 6 atom stereocenters. The minimum Gasteiger partial charge on any atom is -0.372 e. The number of nitrogens with one attached hydrogen (secondary N) is 3. The molecule has 7 rings (SSSR count). The number of aryl methyl sites for hydroxylation is 3. The Bertz CT molecular complexity index is 2290. The molecule has 2 saturated heterocycles. The number of nitrogens with zero attached hydrogens (tertiary/aromatic N) is 4. The van der Waals surface area contributed by atoms with Crippen LogP contribution in [0.1, 0.15) is 108 Å². The van der Waals surface area contributed by atoms with Crippen molar-refractivity contribution >= 4 is 5.91 Å². The summed E-state index contributed by atoms with van der Waals surface area (Å²) in [6.07, 6.45) is -6.80. The van der Waals surface area contributed by atoms with E-state index in [0.717, 1.165) is 48.0 Å². The van der Waals surface area contributed by atoms with Gasteiger partial charge in [0.15, 0.2) is 0 Å². The number of aromatic nitrogens is 4. The van der Waals surface area contributed by atoms with Crippen LogP contribution in [0.2, 0.25) is 0 Å². The highest BCUT2D eigenvalue weighted by Crippen LogP contribution is 2.39. The van der Waals surface area contributed by atoms with Gasteiger partial charge in [0, 0.05) is 20.1 Å². The fourth-order valence-electron chi connectivity index (χ4n) is 8.63. The van der Waals surface area contributed by atoms with Gasteiger partial charge in [-0.25, -0.2) is 4.68 Å². The van der Waals surface area contributed by atoms with Crippen molar-refractivity contribution in [3.05, 3.63) is 147 Å². The van der Waals surface area contributed by atoms with Gasteiger partial charge in [-0.2, -0.15) is 26.3 Å². The molecular weight excluding hydrogens is 837 g/mol. The SMILES string of the molecule is CNC(=O)C1CC[C@@](CO[C@H](C)c2cc(C)cc(C(F)(F)F)c2)(c2ccccc2)NC1.Cc1cc([C@@H](C)OC[C@@]2(c3ccccc3)CC[C@@H](n3nnnc3C)CN2)cc(C(F)(F)F)c1. The van der Waals surface area contributed by atoms with Crippen LogP contribution in [0, 0.1) is 26.7 Å². The van der Waals surface area contributed by atoms with Crippen molar-refractivity contribution in [1.82, 2.24) is 36.2 Å². The average molecular weight is 894 g/mol. The molecule has 0 spiro atoms. The number of alkyl halides is 6. The number of tetrazole rings is 1.